The van der Waals surface area contributed by atoms with Crippen molar-refractivity contribution in [1.82, 2.24) is 25.1 Å². The number of fused-ring (bicyclic) bond motifs is 1. The third kappa shape index (κ3) is 5.26. The Labute approximate surface area is 190 Å². The number of piperidine rings is 1. The molecule has 1 N–H and O–H groups in total. The van der Waals surface area contributed by atoms with Crippen molar-refractivity contribution in [2.24, 2.45) is 11.8 Å². The Morgan fingerprint density at radius 2 is 1.79 bits per heavy atom. The number of rotatable bonds is 6. The number of amides is 1. The summed E-state index contributed by atoms with van der Waals surface area (Å²) in [4.78, 5) is 14.9. The molecule has 0 spiro atoms. The van der Waals surface area contributed by atoms with Gasteiger partial charge in [-0.3, -0.25) is 4.79 Å². The Morgan fingerprint density at radius 3 is 2.42 bits per heavy atom. The zero-order chi connectivity index (χ0) is 23.6. The van der Waals surface area contributed by atoms with Crippen molar-refractivity contribution in [3.63, 3.8) is 0 Å². The molecule has 4 rings (SSSR count). The number of benzene rings is 1. The summed E-state index contributed by atoms with van der Waals surface area (Å²) < 4.78 is 40.2. The molecule has 10 heteroatoms. The molecule has 3 heterocycles. The Kier molecular flexibility index (Phi) is 6.53. The van der Waals surface area contributed by atoms with Gasteiger partial charge in [0.25, 0.3) is 5.82 Å². The van der Waals surface area contributed by atoms with E-state index in [1.54, 1.807) is 6.07 Å². The number of carbonyl (C=O) groups excluding carboxylic acids is 1. The molecule has 1 unspecified atom stereocenters. The molecule has 3 aromatic rings. The van der Waals surface area contributed by atoms with Crippen molar-refractivity contribution in [2.45, 2.75) is 45.3 Å². The van der Waals surface area contributed by atoms with E-state index in [9.17, 15) is 18.0 Å². The second-order valence-electron chi connectivity index (χ2n) is 8.85. The van der Waals surface area contributed by atoms with E-state index in [0.717, 1.165) is 16.5 Å². The monoisotopic (exact) mass is 460 g/mol. The second-order valence-corrected chi connectivity index (χ2v) is 8.85. The van der Waals surface area contributed by atoms with Crippen LogP contribution < -0.4 is 10.2 Å². The fourth-order valence-electron chi connectivity index (χ4n) is 4.22. The van der Waals surface area contributed by atoms with Gasteiger partial charge in [0.05, 0.1) is 6.04 Å². The minimum Gasteiger partial charge on any atom is -0.355 e. The predicted molar refractivity (Wildman–Crippen MR) is 118 cm³/mol. The number of hydrogen-bond donors (Lipinski definition) is 1. The van der Waals surface area contributed by atoms with Gasteiger partial charge in [0, 0.05) is 19.0 Å². The Balaban J connectivity index is 1.41. The SMILES string of the molecule is CC(C)CC(NC(=O)C1CCN(c2ccc3nnc(C(F)(F)F)n3n2)CC1)c1ccccc1. The predicted octanol–water partition coefficient (Wildman–Crippen LogP) is 4.26. The highest BCUT2D eigenvalue weighted by molar-refractivity contribution is 5.79. The molecule has 1 fully saturated rings. The number of nitrogens with zero attached hydrogens (tertiary/aromatic N) is 5. The van der Waals surface area contributed by atoms with E-state index in [4.69, 9.17) is 0 Å². The third-order valence-corrected chi connectivity index (χ3v) is 5.92. The van der Waals surface area contributed by atoms with Gasteiger partial charge < -0.3 is 10.2 Å². The standard InChI is InChI=1S/C23H27F3N6O/c1-15(2)14-18(16-6-4-3-5-7-16)27-21(33)17-10-12-31(13-11-17)20-9-8-19-28-29-22(23(24,25)26)32(19)30-20/h3-9,15,17-18H,10-14H2,1-2H3,(H,27,33). The number of anilines is 1. The summed E-state index contributed by atoms with van der Waals surface area (Å²) in [6, 6.07) is 13.0. The maximum absolute atomic E-state index is 13.1. The highest BCUT2D eigenvalue weighted by atomic mass is 19.4. The van der Waals surface area contributed by atoms with Gasteiger partial charge in [0.1, 0.15) is 5.82 Å². The van der Waals surface area contributed by atoms with Crippen LogP contribution in [0.15, 0.2) is 42.5 Å². The van der Waals surface area contributed by atoms with Crippen LogP contribution in [0.1, 0.15) is 50.5 Å². The molecule has 7 nitrogen and oxygen atoms in total. The topological polar surface area (TPSA) is 75.4 Å². The molecule has 0 saturated carbocycles. The van der Waals surface area contributed by atoms with E-state index >= 15 is 0 Å². The normalized spacial score (nSPS) is 16.4. The van der Waals surface area contributed by atoms with Gasteiger partial charge in [-0.15, -0.1) is 15.3 Å². The summed E-state index contributed by atoms with van der Waals surface area (Å²) in [6.45, 7) is 5.31. The van der Waals surface area contributed by atoms with Crippen molar-refractivity contribution in [3.8, 4) is 0 Å². The van der Waals surface area contributed by atoms with Crippen LogP contribution in [0.25, 0.3) is 5.65 Å². The molecule has 1 amide bonds. The fraction of sp³-hybridized carbons (Fsp3) is 0.478. The molecule has 1 aliphatic rings. The smallest absolute Gasteiger partial charge is 0.355 e. The number of halogens is 3. The Morgan fingerprint density at radius 1 is 1.09 bits per heavy atom. The first-order chi connectivity index (χ1) is 15.7. The van der Waals surface area contributed by atoms with E-state index in [1.807, 2.05) is 35.2 Å². The highest BCUT2D eigenvalue weighted by Gasteiger charge is 2.38. The molecule has 176 valence electrons. The number of alkyl halides is 3. The van der Waals surface area contributed by atoms with Crippen molar-refractivity contribution < 1.29 is 18.0 Å². The zero-order valence-corrected chi connectivity index (χ0v) is 18.6. The van der Waals surface area contributed by atoms with Gasteiger partial charge in [0.2, 0.25) is 5.91 Å². The Bertz CT molecular complexity index is 1090. The first-order valence-electron chi connectivity index (χ1n) is 11.1. The molecule has 0 radical (unpaired) electrons. The minimum atomic E-state index is -4.64. The van der Waals surface area contributed by atoms with E-state index in [1.165, 1.54) is 6.07 Å². The van der Waals surface area contributed by atoms with Gasteiger partial charge in [-0.1, -0.05) is 44.2 Å². The molecule has 0 aliphatic carbocycles. The van der Waals surface area contributed by atoms with E-state index < -0.39 is 12.0 Å². The molecule has 1 aliphatic heterocycles. The maximum Gasteiger partial charge on any atom is 0.453 e. The summed E-state index contributed by atoms with van der Waals surface area (Å²) in [5.41, 5.74) is 1.13. The first kappa shape index (κ1) is 23.0. The van der Waals surface area contributed by atoms with Gasteiger partial charge in [-0.25, -0.2) is 0 Å². The molecule has 1 saturated heterocycles. The van der Waals surface area contributed by atoms with Crippen molar-refractivity contribution in [3.05, 3.63) is 53.9 Å². The average molecular weight is 461 g/mol. The molecular formula is C23H27F3N6O. The van der Waals surface area contributed by atoms with Gasteiger partial charge in [0.15, 0.2) is 5.65 Å². The highest BCUT2D eigenvalue weighted by Crippen LogP contribution is 2.29. The molecule has 33 heavy (non-hydrogen) atoms. The Hall–Kier alpha value is -3.17. The van der Waals surface area contributed by atoms with Crippen LogP contribution in [-0.4, -0.2) is 38.8 Å². The summed E-state index contributed by atoms with van der Waals surface area (Å²) in [5.74, 6) is -0.438. The molecule has 1 aromatic carbocycles. The van der Waals surface area contributed by atoms with Crippen LogP contribution in [0.3, 0.4) is 0 Å². The maximum atomic E-state index is 13.1. The lowest BCUT2D eigenvalue weighted by atomic mass is 9.93. The van der Waals surface area contributed by atoms with Crippen LogP contribution in [0, 0.1) is 11.8 Å². The lowest BCUT2D eigenvalue weighted by Gasteiger charge is -2.33. The van der Waals surface area contributed by atoms with Crippen LogP contribution in [-0.2, 0) is 11.0 Å². The van der Waals surface area contributed by atoms with Gasteiger partial charge >= 0.3 is 6.18 Å². The third-order valence-electron chi connectivity index (χ3n) is 5.92. The van der Waals surface area contributed by atoms with Crippen LogP contribution in [0.5, 0.6) is 0 Å². The summed E-state index contributed by atoms with van der Waals surface area (Å²) in [5, 5.41) is 14.1. The van der Waals surface area contributed by atoms with Gasteiger partial charge in [-0.2, -0.15) is 17.7 Å². The van der Waals surface area contributed by atoms with Crippen LogP contribution in [0.4, 0.5) is 19.0 Å². The summed E-state index contributed by atoms with van der Waals surface area (Å²) in [7, 11) is 0. The van der Waals surface area contributed by atoms with E-state index in [2.05, 4.69) is 34.5 Å². The minimum absolute atomic E-state index is 0.0192. The number of carbonyl (C=O) groups is 1. The first-order valence-corrected chi connectivity index (χ1v) is 11.1. The fourth-order valence-corrected chi connectivity index (χ4v) is 4.22. The largest absolute Gasteiger partial charge is 0.453 e. The average Bonchev–Trinajstić information content (AvgIpc) is 3.23. The summed E-state index contributed by atoms with van der Waals surface area (Å²) >= 11 is 0. The van der Waals surface area contributed by atoms with Crippen molar-refractivity contribution >= 4 is 17.4 Å². The van der Waals surface area contributed by atoms with Gasteiger partial charge in [-0.05, 0) is 42.9 Å². The quantitative estimate of drug-likeness (QED) is 0.595. The molecule has 2 aromatic heterocycles. The van der Waals surface area contributed by atoms with E-state index in [-0.39, 0.29) is 23.5 Å². The number of hydrogen-bond acceptors (Lipinski definition) is 5. The van der Waals surface area contributed by atoms with E-state index in [0.29, 0.717) is 37.7 Å². The zero-order valence-electron chi connectivity index (χ0n) is 18.6. The number of nitrogens with one attached hydrogen (secondary N) is 1. The molecular weight excluding hydrogens is 433 g/mol. The summed E-state index contributed by atoms with van der Waals surface area (Å²) in [6.07, 6.45) is -2.59. The lowest BCUT2D eigenvalue weighted by molar-refractivity contribution is -0.146. The van der Waals surface area contributed by atoms with Crippen LogP contribution in [0.2, 0.25) is 0 Å². The molecule has 1 atom stereocenters. The van der Waals surface area contributed by atoms with Crippen LogP contribution >= 0.6 is 0 Å². The van der Waals surface area contributed by atoms with Crippen molar-refractivity contribution in [2.75, 3.05) is 18.0 Å². The number of aromatic nitrogens is 4. The van der Waals surface area contributed by atoms with Crippen molar-refractivity contribution in [1.29, 1.82) is 0 Å². The molecule has 0 bridgehead atoms. The lowest BCUT2D eigenvalue weighted by Crippen LogP contribution is -2.42. The second kappa shape index (κ2) is 9.36.